The lowest BCUT2D eigenvalue weighted by atomic mass is 10.2. The second-order valence-electron chi connectivity index (χ2n) is 8.37. The minimum atomic E-state index is -0.121. The number of imidazole rings is 1. The van der Waals surface area contributed by atoms with Crippen LogP contribution in [0, 0.1) is 13.8 Å². The first-order valence-corrected chi connectivity index (χ1v) is 12.1. The number of nitrogens with zero attached hydrogens (tertiary/aromatic N) is 4. The average Bonchev–Trinajstić information content (AvgIpc) is 3.51. The summed E-state index contributed by atoms with van der Waals surface area (Å²) in [6.07, 6.45) is -0.121. The lowest BCUT2D eigenvalue weighted by molar-refractivity contribution is 0.0777. The quantitative estimate of drug-likeness (QED) is 0.290. The molecule has 0 fully saturated rings. The van der Waals surface area contributed by atoms with Crippen molar-refractivity contribution in [2.45, 2.75) is 31.7 Å². The molecule has 4 heterocycles. The monoisotopic (exact) mass is 473 g/mol. The number of Topliss-reactive ketones (excluding diaryl/α,β-unsaturated/α-hetero) is 1. The van der Waals surface area contributed by atoms with Gasteiger partial charge in [0, 0.05) is 17.0 Å². The molecular weight excluding hydrogens is 450 g/mol. The van der Waals surface area contributed by atoms with E-state index in [-0.39, 0.29) is 17.6 Å². The third kappa shape index (κ3) is 3.52. The normalized spacial score (nSPS) is 15.3. The van der Waals surface area contributed by atoms with Gasteiger partial charge in [-0.2, -0.15) is 0 Å². The Morgan fingerprint density at radius 3 is 2.82 bits per heavy atom. The molecule has 0 spiro atoms. The van der Waals surface area contributed by atoms with Crippen LogP contribution in [0.15, 0.2) is 59.8 Å². The summed E-state index contributed by atoms with van der Waals surface area (Å²) in [5.41, 5.74) is 4.55. The lowest BCUT2D eigenvalue weighted by Crippen LogP contribution is -2.33. The zero-order valence-corrected chi connectivity index (χ0v) is 19.6. The van der Waals surface area contributed by atoms with Crippen LogP contribution in [0.2, 0.25) is 0 Å². The summed E-state index contributed by atoms with van der Waals surface area (Å²) >= 11 is 1.41. The van der Waals surface area contributed by atoms with Crippen molar-refractivity contribution in [1.82, 2.24) is 24.1 Å². The molecule has 1 aliphatic rings. The smallest absolute Gasteiger partial charge is 0.231 e. The molecule has 0 radical (unpaired) electrons. The number of ether oxygens (including phenoxy) is 2. The van der Waals surface area contributed by atoms with Crippen molar-refractivity contribution in [2.24, 2.45) is 0 Å². The molecule has 34 heavy (non-hydrogen) atoms. The van der Waals surface area contributed by atoms with Gasteiger partial charge in [0.25, 0.3) is 0 Å². The highest BCUT2D eigenvalue weighted by molar-refractivity contribution is 7.99. The summed E-state index contributed by atoms with van der Waals surface area (Å²) in [5.74, 6) is 2.55. The lowest BCUT2D eigenvalue weighted by Gasteiger charge is -2.27. The Morgan fingerprint density at radius 2 is 1.94 bits per heavy atom. The number of carbonyl (C=O) groups excluding carboxylic acids is 1. The summed E-state index contributed by atoms with van der Waals surface area (Å²) < 4.78 is 16.1. The van der Waals surface area contributed by atoms with E-state index in [2.05, 4.69) is 19.7 Å². The Kier molecular flexibility index (Phi) is 5.06. The van der Waals surface area contributed by atoms with Gasteiger partial charge in [-0.25, -0.2) is 10.1 Å². The first-order valence-electron chi connectivity index (χ1n) is 11.1. The van der Waals surface area contributed by atoms with Crippen LogP contribution >= 0.6 is 11.8 Å². The van der Waals surface area contributed by atoms with Crippen molar-refractivity contribution in [2.75, 3.05) is 12.4 Å². The van der Waals surface area contributed by atoms with Gasteiger partial charge in [-0.1, -0.05) is 36.0 Å². The molecule has 1 unspecified atom stereocenters. The fraction of sp³-hybridized carbons (Fsp3) is 0.240. The number of ketones is 1. The SMILES string of the molecule is Cc1cc(C(=O)CSc2n[nH]c3nc4ccccc4n23)c(C)n1CC1COc2ccccc2O1. The number of nitrogens with one attached hydrogen (secondary N) is 1. The van der Waals surface area contributed by atoms with Crippen molar-refractivity contribution in [3.8, 4) is 11.5 Å². The highest BCUT2D eigenvalue weighted by Crippen LogP contribution is 2.32. The number of benzene rings is 2. The minimum absolute atomic E-state index is 0.0658. The number of carbonyl (C=O) groups is 1. The fourth-order valence-corrected chi connectivity index (χ4v) is 5.31. The van der Waals surface area contributed by atoms with E-state index in [0.717, 1.165) is 44.6 Å². The Labute approximate surface area is 199 Å². The molecule has 8 nitrogen and oxygen atoms in total. The van der Waals surface area contributed by atoms with Gasteiger partial charge in [0.1, 0.15) is 6.61 Å². The highest BCUT2D eigenvalue weighted by atomic mass is 32.2. The first kappa shape index (κ1) is 20.9. The summed E-state index contributed by atoms with van der Waals surface area (Å²) in [4.78, 5) is 17.7. The highest BCUT2D eigenvalue weighted by Gasteiger charge is 2.24. The maximum atomic E-state index is 13.2. The Bertz CT molecular complexity index is 1530. The van der Waals surface area contributed by atoms with E-state index in [0.29, 0.717) is 18.9 Å². The second-order valence-corrected chi connectivity index (χ2v) is 9.31. The van der Waals surface area contributed by atoms with E-state index in [1.54, 1.807) is 0 Å². The van der Waals surface area contributed by atoms with Gasteiger partial charge in [0.15, 0.2) is 28.5 Å². The van der Waals surface area contributed by atoms with Crippen molar-refractivity contribution >= 4 is 34.4 Å². The topological polar surface area (TPSA) is 86.4 Å². The number of hydrogen-bond donors (Lipinski definition) is 1. The molecule has 0 bridgehead atoms. The molecule has 2 aromatic carbocycles. The third-order valence-electron chi connectivity index (χ3n) is 6.16. The van der Waals surface area contributed by atoms with Gasteiger partial charge in [0.05, 0.1) is 23.3 Å². The van der Waals surface area contributed by atoms with E-state index >= 15 is 0 Å². The van der Waals surface area contributed by atoms with E-state index in [1.807, 2.05) is 72.8 Å². The number of H-pyrrole nitrogens is 1. The number of rotatable bonds is 6. The third-order valence-corrected chi connectivity index (χ3v) is 7.10. The van der Waals surface area contributed by atoms with Crippen molar-refractivity contribution in [3.05, 3.63) is 71.5 Å². The van der Waals surface area contributed by atoms with Crippen molar-refractivity contribution < 1.29 is 14.3 Å². The molecule has 1 N–H and O–H groups in total. The number of hydrogen-bond acceptors (Lipinski definition) is 6. The van der Waals surface area contributed by atoms with E-state index in [1.165, 1.54) is 11.8 Å². The van der Waals surface area contributed by atoms with Gasteiger partial charge in [0.2, 0.25) is 5.78 Å². The van der Waals surface area contributed by atoms with E-state index in [4.69, 9.17) is 9.47 Å². The molecule has 3 aromatic heterocycles. The molecule has 0 saturated heterocycles. The van der Waals surface area contributed by atoms with Gasteiger partial charge < -0.3 is 14.0 Å². The number of thioether (sulfide) groups is 1. The Balaban J connectivity index is 1.18. The van der Waals surface area contributed by atoms with Crippen LogP contribution in [-0.4, -0.2) is 48.4 Å². The van der Waals surface area contributed by atoms with Crippen molar-refractivity contribution in [1.29, 1.82) is 0 Å². The van der Waals surface area contributed by atoms with E-state index in [9.17, 15) is 4.79 Å². The standard InChI is InChI=1S/C25H23N5O3S/c1-15-11-18(16(2)29(15)12-17-13-32-22-9-5-6-10-23(22)33-17)21(31)14-34-25-28-27-24-26-19-7-3-4-8-20(19)30(24)25/h3-11,17H,12-14H2,1-2H3,(H,26,27). The number of aryl methyl sites for hydroxylation is 1. The summed E-state index contributed by atoms with van der Waals surface area (Å²) in [6.45, 7) is 5.09. The van der Waals surface area contributed by atoms with Crippen LogP contribution in [0.4, 0.5) is 0 Å². The largest absolute Gasteiger partial charge is 0.486 e. The number of aromatic amines is 1. The van der Waals surface area contributed by atoms with Gasteiger partial charge in [-0.3, -0.25) is 9.20 Å². The van der Waals surface area contributed by atoms with Crippen LogP contribution in [-0.2, 0) is 6.54 Å². The van der Waals surface area contributed by atoms with E-state index < -0.39 is 0 Å². The molecule has 0 saturated carbocycles. The minimum Gasteiger partial charge on any atom is -0.486 e. The van der Waals surface area contributed by atoms with Crippen LogP contribution in [0.1, 0.15) is 21.7 Å². The maximum absolute atomic E-state index is 13.2. The Hall–Kier alpha value is -3.72. The van der Waals surface area contributed by atoms with Crippen molar-refractivity contribution in [3.63, 3.8) is 0 Å². The molecule has 0 amide bonds. The predicted molar refractivity (Wildman–Crippen MR) is 130 cm³/mol. The van der Waals surface area contributed by atoms with Gasteiger partial charge in [-0.05, 0) is 44.2 Å². The Morgan fingerprint density at radius 1 is 1.15 bits per heavy atom. The van der Waals surface area contributed by atoms with Crippen LogP contribution in [0.3, 0.4) is 0 Å². The molecule has 172 valence electrons. The summed E-state index contributed by atoms with van der Waals surface area (Å²) in [6, 6.07) is 17.5. The second kappa shape index (κ2) is 8.25. The van der Waals surface area contributed by atoms with Gasteiger partial charge >= 0.3 is 0 Å². The van der Waals surface area contributed by atoms with Crippen LogP contribution in [0.25, 0.3) is 16.8 Å². The summed E-state index contributed by atoms with van der Waals surface area (Å²) in [5, 5.41) is 8.04. The molecular formula is C25H23N5O3S. The van der Waals surface area contributed by atoms with Gasteiger partial charge in [-0.15, -0.1) is 5.10 Å². The molecule has 6 rings (SSSR count). The molecule has 9 heteroatoms. The first-order chi connectivity index (χ1) is 16.6. The zero-order chi connectivity index (χ0) is 23.2. The molecule has 5 aromatic rings. The number of fused-ring (bicyclic) bond motifs is 4. The number of aromatic nitrogens is 5. The average molecular weight is 474 g/mol. The van der Waals surface area contributed by atoms with Crippen LogP contribution < -0.4 is 9.47 Å². The molecule has 1 aliphatic heterocycles. The van der Waals surface area contributed by atoms with Crippen LogP contribution in [0.5, 0.6) is 11.5 Å². The maximum Gasteiger partial charge on any atom is 0.231 e. The number of para-hydroxylation sites is 4. The summed E-state index contributed by atoms with van der Waals surface area (Å²) in [7, 11) is 0. The fourth-order valence-electron chi connectivity index (χ4n) is 4.47. The molecule has 0 aliphatic carbocycles. The zero-order valence-electron chi connectivity index (χ0n) is 18.8. The predicted octanol–water partition coefficient (Wildman–Crippen LogP) is 4.44. The molecule has 1 atom stereocenters.